The third kappa shape index (κ3) is 8.19. The van der Waals surface area contributed by atoms with Gasteiger partial charge in [0.1, 0.15) is 0 Å². The van der Waals surface area contributed by atoms with E-state index >= 15 is 0 Å². The molecule has 2 unspecified atom stereocenters. The van der Waals surface area contributed by atoms with Gasteiger partial charge in [-0.3, -0.25) is 10.2 Å². The number of carbonyl (C=O) groups excluding carboxylic acids is 1. The Morgan fingerprint density at radius 2 is 2.08 bits per heavy atom. The van der Waals surface area contributed by atoms with E-state index in [0.717, 1.165) is 30.7 Å². The van der Waals surface area contributed by atoms with Gasteiger partial charge in [0.25, 0.3) is 0 Å². The van der Waals surface area contributed by atoms with Crippen LogP contribution in [0, 0.1) is 18.3 Å². The van der Waals surface area contributed by atoms with Gasteiger partial charge in [-0.05, 0) is 74.9 Å². The van der Waals surface area contributed by atoms with Gasteiger partial charge in [0.2, 0.25) is 5.91 Å². The van der Waals surface area contributed by atoms with E-state index in [4.69, 9.17) is 11.1 Å². The number of rotatable bonds is 11. The molecule has 0 spiro atoms. The van der Waals surface area contributed by atoms with Gasteiger partial charge in [-0.2, -0.15) is 0 Å². The number of amides is 1. The summed E-state index contributed by atoms with van der Waals surface area (Å²) in [7, 11) is 0. The monoisotopic (exact) mass is 375 g/mol. The quantitative estimate of drug-likeness (QED) is 0.305. The van der Waals surface area contributed by atoms with Crippen molar-refractivity contribution in [3.05, 3.63) is 41.5 Å². The SMILES string of the molecule is C/C=C(/CC(NCC(C)CCCSC(C)=N)C(N)=O)c1ccccc1C. The van der Waals surface area contributed by atoms with Gasteiger partial charge in [-0.25, -0.2) is 0 Å². The fourth-order valence-corrected chi connectivity index (χ4v) is 3.53. The number of hydrogen-bond acceptors (Lipinski definition) is 4. The summed E-state index contributed by atoms with van der Waals surface area (Å²) in [6.45, 7) is 8.87. The Balaban J connectivity index is 2.57. The van der Waals surface area contributed by atoms with Crippen molar-refractivity contribution < 1.29 is 4.79 Å². The second kappa shape index (κ2) is 11.9. The molecule has 5 heteroatoms. The first kappa shape index (κ1) is 22.5. The first-order chi connectivity index (χ1) is 12.3. The van der Waals surface area contributed by atoms with E-state index in [1.54, 1.807) is 11.8 Å². The van der Waals surface area contributed by atoms with Crippen molar-refractivity contribution in [1.29, 1.82) is 5.41 Å². The van der Waals surface area contributed by atoms with Crippen LogP contribution in [0.1, 0.15) is 51.2 Å². The van der Waals surface area contributed by atoms with Gasteiger partial charge in [-0.15, -0.1) is 11.8 Å². The van der Waals surface area contributed by atoms with Crippen LogP contribution >= 0.6 is 11.8 Å². The average molecular weight is 376 g/mol. The van der Waals surface area contributed by atoms with E-state index in [1.165, 1.54) is 11.1 Å². The number of primary amides is 1. The van der Waals surface area contributed by atoms with Gasteiger partial charge in [0.15, 0.2) is 0 Å². The fraction of sp³-hybridized carbons (Fsp3) is 0.524. The summed E-state index contributed by atoms with van der Waals surface area (Å²) < 4.78 is 0. The number of thioether (sulfide) groups is 1. The maximum Gasteiger partial charge on any atom is 0.234 e. The van der Waals surface area contributed by atoms with Crippen LogP contribution in [0.4, 0.5) is 0 Å². The topological polar surface area (TPSA) is 79.0 Å². The maximum absolute atomic E-state index is 11.9. The molecule has 0 radical (unpaired) electrons. The van der Waals surface area contributed by atoms with Gasteiger partial charge in [0, 0.05) is 0 Å². The number of benzene rings is 1. The maximum atomic E-state index is 11.9. The van der Waals surface area contributed by atoms with E-state index in [2.05, 4.69) is 37.4 Å². The fourth-order valence-electron chi connectivity index (χ4n) is 2.91. The summed E-state index contributed by atoms with van der Waals surface area (Å²) in [4.78, 5) is 11.9. The summed E-state index contributed by atoms with van der Waals surface area (Å²) >= 11 is 1.59. The molecule has 2 atom stereocenters. The summed E-state index contributed by atoms with van der Waals surface area (Å²) in [5.74, 6) is 1.14. The molecule has 1 aromatic rings. The normalized spacial score (nSPS) is 14.1. The highest BCUT2D eigenvalue weighted by Crippen LogP contribution is 2.23. The van der Waals surface area contributed by atoms with E-state index in [1.807, 2.05) is 26.0 Å². The minimum Gasteiger partial charge on any atom is -0.368 e. The average Bonchev–Trinajstić information content (AvgIpc) is 2.59. The molecule has 1 rings (SSSR count). The highest BCUT2D eigenvalue weighted by Gasteiger charge is 2.18. The number of carbonyl (C=O) groups is 1. The van der Waals surface area contributed by atoms with Crippen molar-refractivity contribution in [1.82, 2.24) is 5.32 Å². The molecule has 0 bridgehead atoms. The Bertz CT molecular complexity index is 627. The molecule has 0 aliphatic carbocycles. The Hall–Kier alpha value is -1.59. The van der Waals surface area contributed by atoms with Gasteiger partial charge in [-0.1, -0.05) is 37.3 Å². The van der Waals surface area contributed by atoms with Gasteiger partial charge >= 0.3 is 0 Å². The lowest BCUT2D eigenvalue weighted by Crippen LogP contribution is -2.43. The second-order valence-corrected chi connectivity index (χ2v) is 8.16. The molecule has 26 heavy (non-hydrogen) atoms. The van der Waals surface area contributed by atoms with Crippen LogP contribution in [0.15, 0.2) is 30.3 Å². The number of hydrogen-bond donors (Lipinski definition) is 3. The second-order valence-electron chi connectivity index (χ2n) is 6.85. The molecule has 0 heterocycles. The predicted molar refractivity (Wildman–Crippen MR) is 115 cm³/mol. The number of nitrogens with two attached hydrogens (primary N) is 1. The Morgan fingerprint density at radius 3 is 2.65 bits per heavy atom. The Kier molecular flexibility index (Phi) is 10.3. The molecule has 1 aromatic carbocycles. The molecular formula is C21H33N3OS. The first-order valence-electron chi connectivity index (χ1n) is 9.27. The zero-order chi connectivity index (χ0) is 19.5. The summed E-state index contributed by atoms with van der Waals surface area (Å²) in [5.41, 5.74) is 9.17. The minimum absolute atomic E-state index is 0.305. The summed E-state index contributed by atoms with van der Waals surface area (Å²) in [6.07, 6.45) is 4.83. The van der Waals surface area contributed by atoms with E-state index in [9.17, 15) is 4.79 Å². The Labute approximate surface area is 162 Å². The highest BCUT2D eigenvalue weighted by atomic mass is 32.2. The zero-order valence-corrected chi connectivity index (χ0v) is 17.3. The molecule has 1 amide bonds. The third-order valence-corrected chi connectivity index (χ3v) is 5.41. The first-order valence-corrected chi connectivity index (χ1v) is 10.3. The van der Waals surface area contributed by atoms with Crippen LogP contribution < -0.4 is 11.1 Å². The molecule has 0 fully saturated rings. The molecule has 0 aromatic heterocycles. The van der Waals surface area contributed by atoms with E-state index in [-0.39, 0.29) is 11.9 Å². The third-order valence-electron chi connectivity index (χ3n) is 4.48. The number of allylic oxidation sites excluding steroid dienone is 1. The van der Waals surface area contributed by atoms with E-state index in [0.29, 0.717) is 17.4 Å². The van der Waals surface area contributed by atoms with Gasteiger partial charge in [0.05, 0.1) is 11.1 Å². The van der Waals surface area contributed by atoms with Crippen molar-refractivity contribution in [2.24, 2.45) is 11.7 Å². The smallest absolute Gasteiger partial charge is 0.234 e. The molecule has 0 aliphatic rings. The number of nitrogens with one attached hydrogen (secondary N) is 2. The molecule has 0 saturated carbocycles. The van der Waals surface area contributed by atoms with Crippen LogP contribution in [0.5, 0.6) is 0 Å². The van der Waals surface area contributed by atoms with Crippen LogP contribution in [0.25, 0.3) is 5.57 Å². The molecule has 0 aliphatic heterocycles. The van der Waals surface area contributed by atoms with Crippen LogP contribution in [-0.2, 0) is 4.79 Å². The summed E-state index contributed by atoms with van der Waals surface area (Å²) in [6, 6.07) is 7.86. The zero-order valence-electron chi connectivity index (χ0n) is 16.5. The lowest BCUT2D eigenvalue weighted by atomic mass is 9.94. The Morgan fingerprint density at radius 1 is 1.38 bits per heavy atom. The number of aryl methyl sites for hydroxylation is 1. The molecular weight excluding hydrogens is 342 g/mol. The molecule has 4 nitrogen and oxygen atoms in total. The van der Waals surface area contributed by atoms with Crippen LogP contribution in [0.2, 0.25) is 0 Å². The van der Waals surface area contributed by atoms with E-state index < -0.39 is 0 Å². The van der Waals surface area contributed by atoms with Crippen molar-refractivity contribution in [3.8, 4) is 0 Å². The summed E-state index contributed by atoms with van der Waals surface area (Å²) in [5, 5.41) is 11.5. The van der Waals surface area contributed by atoms with Crippen molar-refractivity contribution in [2.45, 2.75) is 53.0 Å². The molecule has 4 N–H and O–H groups in total. The lowest BCUT2D eigenvalue weighted by Gasteiger charge is -2.21. The van der Waals surface area contributed by atoms with Crippen LogP contribution in [0.3, 0.4) is 0 Å². The van der Waals surface area contributed by atoms with Crippen LogP contribution in [-0.4, -0.2) is 29.3 Å². The lowest BCUT2D eigenvalue weighted by molar-refractivity contribution is -0.119. The van der Waals surface area contributed by atoms with Gasteiger partial charge < -0.3 is 11.1 Å². The molecule has 144 valence electrons. The van der Waals surface area contributed by atoms with Crippen molar-refractivity contribution in [2.75, 3.05) is 12.3 Å². The molecule has 0 saturated heterocycles. The standard InChI is InChI=1S/C21H33N3OS/c1-5-18(19-11-7-6-10-16(19)3)13-20(21(23)25)24-14-15(2)9-8-12-26-17(4)22/h5-7,10-11,15,20,22,24H,8-9,12-14H2,1-4H3,(H2,23,25)/b18-5-,22-17?. The van der Waals surface area contributed by atoms with Crippen molar-refractivity contribution in [3.63, 3.8) is 0 Å². The minimum atomic E-state index is -0.360. The predicted octanol–water partition coefficient (Wildman–Crippen LogP) is 4.38. The van der Waals surface area contributed by atoms with Crippen molar-refractivity contribution >= 4 is 28.3 Å². The highest BCUT2D eigenvalue weighted by molar-refractivity contribution is 8.13. The largest absolute Gasteiger partial charge is 0.368 e.